The molecule has 29 heavy (non-hydrogen) atoms. The first-order valence-corrected chi connectivity index (χ1v) is 9.55. The van der Waals surface area contributed by atoms with Crippen LogP contribution in [-0.2, 0) is 0 Å². The zero-order chi connectivity index (χ0) is 19.2. The number of nitrogens with zero attached hydrogens (tertiary/aromatic N) is 4. The monoisotopic (exact) mass is 372 g/mol. The minimum atomic E-state index is 0.726. The van der Waals surface area contributed by atoms with Gasteiger partial charge in [0.25, 0.3) is 0 Å². The maximum atomic E-state index is 4.91. The number of fused-ring (bicyclic) bond motifs is 4. The van der Waals surface area contributed by atoms with Gasteiger partial charge in [-0.3, -0.25) is 4.98 Å². The number of benzene rings is 2. The average molecular weight is 372 g/mol. The summed E-state index contributed by atoms with van der Waals surface area (Å²) in [5.74, 6) is 0.726. The molecule has 0 fully saturated rings. The molecule has 0 bridgehead atoms. The Morgan fingerprint density at radius 1 is 0.690 bits per heavy atom. The standard InChI is InChI=1S/C25H16N4/c1-2-8-17(9-3-1)24-27-16-20-23(22-12-6-7-13-29(22)25(20)28-24)19-14-18-10-4-5-11-21(18)26-15-19/h1-16H. The lowest BCUT2D eigenvalue weighted by Gasteiger charge is -2.04. The van der Waals surface area contributed by atoms with Gasteiger partial charge in [-0.2, -0.15) is 0 Å². The summed E-state index contributed by atoms with van der Waals surface area (Å²) < 4.78 is 2.13. The minimum Gasteiger partial charge on any atom is -0.301 e. The molecule has 0 saturated heterocycles. The van der Waals surface area contributed by atoms with E-state index in [2.05, 4.69) is 44.8 Å². The number of para-hydroxylation sites is 1. The lowest BCUT2D eigenvalue weighted by Crippen LogP contribution is -1.91. The SMILES string of the molecule is c1ccc(-c2ncc3c(-c4cnc5ccccc5c4)c4ccccn4c3n2)cc1. The third-order valence-electron chi connectivity index (χ3n) is 5.29. The van der Waals surface area contributed by atoms with Crippen molar-refractivity contribution in [3.8, 4) is 22.5 Å². The summed E-state index contributed by atoms with van der Waals surface area (Å²) >= 11 is 0. The third-order valence-corrected chi connectivity index (χ3v) is 5.29. The number of hydrogen-bond acceptors (Lipinski definition) is 3. The highest BCUT2D eigenvalue weighted by Crippen LogP contribution is 2.35. The van der Waals surface area contributed by atoms with Crippen LogP contribution in [0.1, 0.15) is 0 Å². The van der Waals surface area contributed by atoms with Crippen LogP contribution in [0.15, 0.2) is 97.5 Å². The molecular weight excluding hydrogens is 356 g/mol. The Kier molecular flexibility index (Phi) is 3.43. The van der Waals surface area contributed by atoms with Crippen molar-refractivity contribution in [1.29, 1.82) is 0 Å². The molecule has 0 N–H and O–H groups in total. The first-order valence-electron chi connectivity index (χ1n) is 9.55. The van der Waals surface area contributed by atoms with Gasteiger partial charge in [0, 0.05) is 46.1 Å². The zero-order valence-electron chi connectivity index (χ0n) is 15.5. The molecule has 0 unspecified atom stereocenters. The molecule has 0 amide bonds. The van der Waals surface area contributed by atoms with Gasteiger partial charge < -0.3 is 4.40 Å². The molecule has 0 radical (unpaired) electrons. The van der Waals surface area contributed by atoms with Gasteiger partial charge >= 0.3 is 0 Å². The number of rotatable bonds is 2. The van der Waals surface area contributed by atoms with E-state index < -0.39 is 0 Å². The zero-order valence-corrected chi connectivity index (χ0v) is 15.5. The van der Waals surface area contributed by atoms with Crippen LogP contribution in [0.3, 0.4) is 0 Å². The average Bonchev–Trinajstić information content (AvgIpc) is 3.13. The van der Waals surface area contributed by atoms with E-state index in [0.29, 0.717) is 0 Å². The number of aromatic nitrogens is 4. The first-order chi connectivity index (χ1) is 14.4. The van der Waals surface area contributed by atoms with E-state index in [0.717, 1.165) is 50.0 Å². The van der Waals surface area contributed by atoms with Crippen molar-refractivity contribution in [1.82, 2.24) is 19.4 Å². The Hall–Kier alpha value is -4.05. The van der Waals surface area contributed by atoms with E-state index in [-0.39, 0.29) is 0 Å². The van der Waals surface area contributed by atoms with Gasteiger partial charge in [0.15, 0.2) is 5.82 Å². The molecule has 2 aromatic carbocycles. The van der Waals surface area contributed by atoms with Crippen molar-refractivity contribution in [3.63, 3.8) is 0 Å². The molecule has 4 nitrogen and oxygen atoms in total. The second-order valence-corrected chi connectivity index (χ2v) is 7.04. The molecular formula is C25H16N4. The van der Waals surface area contributed by atoms with Crippen LogP contribution >= 0.6 is 0 Å². The maximum Gasteiger partial charge on any atom is 0.161 e. The van der Waals surface area contributed by atoms with Gasteiger partial charge in [0.05, 0.1) is 11.0 Å². The molecule has 0 saturated carbocycles. The number of hydrogen-bond donors (Lipinski definition) is 0. The summed E-state index contributed by atoms with van der Waals surface area (Å²) in [6.45, 7) is 0. The molecule has 4 heteroatoms. The number of pyridine rings is 2. The predicted molar refractivity (Wildman–Crippen MR) is 117 cm³/mol. The van der Waals surface area contributed by atoms with Gasteiger partial charge in [-0.05, 0) is 24.3 Å². The van der Waals surface area contributed by atoms with Crippen molar-refractivity contribution >= 4 is 27.5 Å². The topological polar surface area (TPSA) is 43.1 Å². The fraction of sp³-hybridized carbons (Fsp3) is 0. The molecule has 0 aliphatic heterocycles. The minimum absolute atomic E-state index is 0.726. The van der Waals surface area contributed by atoms with Crippen molar-refractivity contribution < 1.29 is 0 Å². The second-order valence-electron chi connectivity index (χ2n) is 7.04. The van der Waals surface area contributed by atoms with Gasteiger partial charge in [-0.1, -0.05) is 54.6 Å². The Labute approximate surface area is 167 Å². The normalized spacial score (nSPS) is 11.4. The summed E-state index contributed by atoms with van der Waals surface area (Å²) in [5, 5.41) is 2.14. The first kappa shape index (κ1) is 16.0. The van der Waals surface area contributed by atoms with Crippen LogP contribution in [0.5, 0.6) is 0 Å². The van der Waals surface area contributed by atoms with Crippen LogP contribution in [0.25, 0.3) is 50.0 Å². The Balaban J connectivity index is 1.66. The van der Waals surface area contributed by atoms with Crippen LogP contribution < -0.4 is 0 Å². The van der Waals surface area contributed by atoms with Gasteiger partial charge in [0.1, 0.15) is 5.65 Å². The lowest BCUT2D eigenvalue weighted by atomic mass is 10.0. The summed E-state index contributed by atoms with van der Waals surface area (Å²) in [6, 6.07) is 26.6. The summed E-state index contributed by atoms with van der Waals surface area (Å²) in [5.41, 5.74) is 6.18. The molecule has 136 valence electrons. The maximum absolute atomic E-state index is 4.91. The highest BCUT2D eigenvalue weighted by Gasteiger charge is 2.16. The highest BCUT2D eigenvalue weighted by molar-refractivity contribution is 6.05. The van der Waals surface area contributed by atoms with Crippen LogP contribution in [0.4, 0.5) is 0 Å². The summed E-state index contributed by atoms with van der Waals surface area (Å²) in [7, 11) is 0. The Morgan fingerprint density at radius 3 is 2.45 bits per heavy atom. The fourth-order valence-corrected chi connectivity index (χ4v) is 3.94. The summed E-state index contributed by atoms with van der Waals surface area (Å²) in [4.78, 5) is 14.3. The van der Waals surface area contributed by atoms with E-state index in [4.69, 9.17) is 4.98 Å². The molecule has 4 heterocycles. The molecule has 4 aromatic heterocycles. The van der Waals surface area contributed by atoms with E-state index in [1.807, 2.05) is 67.0 Å². The second kappa shape index (κ2) is 6.24. The van der Waals surface area contributed by atoms with Crippen LogP contribution in [0, 0.1) is 0 Å². The highest BCUT2D eigenvalue weighted by atomic mass is 15.0. The smallest absolute Gasteiger partial charge is 0.161 e. The van der Waals surface area contributed by atoms with E-state index >= 15 is 0 Å². The van der Waals surface area contributed by atoms with E-state index in [1.165, 1.54) is 0 Å². The quantitative estimate of drug-likeness (QED) is 0.388. The summed E-state index contributed by atoms with van der Waals surface area (Å²) in [6.07, 6.45) is 5.93. The van der Waals surface area contributed by atoms with E-state index in [1.54, 1.807) is 0 Å². The van der Waals surface area contributed by atoms with E-state index in [9.17, 15) is 0 Å². The Bertz CT molecular complexity index is 1500. The van der Waals surface area contributed by atoms with Crippen molar-refractivity contribution in [2.24, 2.45) is 0 Å². The van der Waals surface area contributed by atoms with Crippen molar-refractivity contribution in [2.75, 3.05) is 0 Å². The third kappa shape index (κ3) is 2.50. The van der Waals surface area contributed by atoms with Crippen LogP contribution in [0.2, 0.25) is 0 Å². The van der Waals surface area contributed by atoms with Gasteiger partial charge in [-0.25, -0.2) is 9.97 Å². The molecule has 0 aliphatic rings. The van der Waals surface area contributed by atoms with Crippen LogP contribution in [-0.4, -0.2) is 19.4 Å². The fourth-order valence-electron chi connectivity index (χ4n) is 3.94. The molecule has 0 aliphatic carbocycles. The van der Waals surface area contributed by atoms with Crippen molar-refractivity contribution in [3.05, 3.63) is 97.5 Å². The molecule has 6 aromatic rings. The molecule has 0 atom stereocenters. The predicted octanol–water partition coefficient (Wildman–Crippen LogP) is 5.76. The Morgan fingerprint density at radius 2 is 1.52 bits per heavy atom. The van der Waals surface area contributed by atoms with Gasteiger partial charge in [0.2, 0.25) is 0 Å². The lowest BCUT2D eigenvalue weighted by molar-refractivity contribution is 1.15. The van der Waals surface area contributed by atoms with Crippen molar-refractivity contribution in [2.45, 2.75) is 0 Å². The molecule has 6 rings (SSSR count). The molecule has 0 spiro atoms. The van der Waals surface area contributed by atoms with Gasteiger partial charge in [-0.15, -0.1) is 0 Å². The largest absolute Gasteiger partial charge is 0.301 e.